The topological polar surface area (TPSA) is 47.3 Å². The highest BCUT2D eigenvalue weighted by molar-refractivity contribution is 5.76. The Labute approximate surface area is 104 Å². The van der Waals surface area contributed by atoms with Gasteiger partial charge in [0.05, 0.1) is 12.1 Å². The van der Waals surface area contributed by atoms with Gasteiger partial charge in [0.15, 0.2) is 0 Å². The van der Waals surface area contributed by atoms with Gasteiger partial charge in [-0.2, -0.15) is 5.26 Å². The standard InChI is InChI=1S/C13H23N3O/c1-11(2)4-5-13(17)16-8-6-15(7-9-16)12(3)10-14/h11-12H,4-9H2,1-3H3. The van der Waals surface area contributed by atoms with Crippen LogP contribution in [0.2, 0.25) is 0 Å². The molecule has 0 radical (unpaired) electrons. The molecule has 17 heavy (non-hydrogen) atoms. The molecule has 1 amide bonds. The Kier molecular flexibility index (Phi) is 5.43. The minimum Gasteiger partial charge on any atom is -0.340 e. The Morgan fingerprint density at radius 3 is 2.29 bits per heavy atom. The lowest BCUT2D eigenvalue weighted by molar-refractivity contribution is -0.133. The van der Waals surface area contributed by atoms with Crippen LogP contribution in [0.1, 0.15) is 33.6 Å². The first kappa shape index (κ1) is 14.0. The molecule has 0 aromatic rings. The monoisotopic (exact) mass is 237 g/mol. The maximum Gasteiger partial charge on any atom is 0.222 e. The Morgan fingerprint density at radius 2 is 1.82 bits per heavy atom. The van der Waals surface area contributed by atoms with Gasteiger partial charge >= 0.3 is 0 Å². The quantitative estimate of drug-likeness (QED) is 0.744. The number of piperazine rings is 1. The van der Waals surface area contributed by atoms with Crippen molar-refractivity contribution in [3.63, 3.8) is 0 Å². The van der Waals surface area contributed by atoms with E-state index >= 15 is 0 Å². The summed E-state index contributed by atoms with van der Waals surface area (Å²) in [5.41, 5.74) is 0. The molecule has 0 spiro atoms. The first-order chi connectivity index (χ1) is 8.04. The molecule has 96 valence electrons. The van der Waals surface area contributed by atoms with E-state index in [2.05, 4.69) is 24.8 Å². The van der Waals surface area contributed by atoms with Crippen molar-refractivity contribution in [1.82, 2.24) is 9.80 Å². The van der Waals surface area contributed by atoms with Crippen molar-refractivity contribution in [2.24, 2.45) is 5.92 Å². The summed E-state index contributed by atoms with van der Waals surface area (Å²) in [7, 11) is 0. The molecule has 1 saturated heterocycles. The van der Waals surface area contributed by atoms with E-state index in [0.29, 0.717) is 12.3 Å². The third-order valence-corrected chi connectivity index (χ3v) is 3.34. The molecule has 4 nitrogen and oxygen atoms in total. The largest absolute Gasteiger partial charge is 0.340 e. The van der Waals surface area contributed by atoms with Crippen LogP contribution in [0, 0.1) is 17.2 Å². The molecule has 0 aromatic carbocycles. The van der Waals surface area contributed by atoms with Crippen molar-refractivity contribution < 1.29 is 4.79 Å². The van der Waals surface area contributed by atoms with Crippen LogP contribution in [0.5, 0.6) is 0 Å². The molecule has 0 aliphatic carbocycles. The lowest BCUT2D eigenvalue weighted by Gasteiger charge is -2.36. The zero-order chi connectivity index (χ0) is 12.8. The van der Waals surface area contributed by atoms with Crippen LogP contribution >= 0.6 is 0 Å². The first-order valence-electron chi connectivity index (χ1n) is 6.46. The maximum atomic E-state index is 11.9. The number of amides is 1. The van der Waals surface area contributed by atoms with Gasteiger partial charge in [-0.05, 0) is 19.3 Å². The molecule has 1 atom stereocenters. The number of carbonyl (C=O) groups excluding carboxylic acids is 1. The van der Waals surface area contributed by atoms with E-state index in [1.54, 1.807) is 0 Å². The number of nitriles is 1. The molecule has 1 aliphatic rings. The molecule has 1 heterocycles. The van der Waals surface area contributed by atoms with Crippen LogP contribution in [-0.2, 0) is 4.79 Å². The molecule has 0 bridgehead atoms. The fourth-order valence-electron chi connectivity index (χ4n) is 2.01. The van der Waals surface area contributed by atoms with E-state index < -0.39 is 0 Å². The van der Waals surface area contributed by atoms with Gasteiger partial charge in [0.25, 0.3) is 0 Å². The molecular weight excluding hydrogens is 214 g/mol. The molecular formula is C13H23N3O. The second-order valence-corrected chi connectivity index (χ2v) is 5.15. The van der Waals surface area contributed by atoms with E-state index in [9.17, 15) is 4.79 Å². The van der Waals surface area contributed by atoms with Crippen molar-refractivity contribution in [3.8, 4) is 6.07 Å². The molecule has 1 unspecified atom stereocenters. The fraction of sp³-hybridized carbons (Fsp3) is 0.846. The fourth-order valence-corrected chi connectivity index (χ4v) is 2.01. The number of rotatable bonds is 4. The summed E-state index contributed by atoms with van der Waals surface area (Å²) < 4.78 is 0. The van der Waals surface area contributed by atoms with Gasteiger partial charge in [0, 0.05) is 32.6 Å². The molecule has 1 fully saturated rings. The lowest BCUT2D eigenvalue weighted by Crippen LogP contribution is -2.51. The molecule has 1 rings (SSSR count). The Morgan fingerprint density at radius 1 is 1.24 bits per heavy atom. The number of hydrogen-bond donors (Lipinski definition) is 0. The SMILES string of the molecule is CC(C)CCC(=O)N1CCN(C(C)C#N)CC1. The van der Waals surface area contributed by atoms with Crippen molar-refractivity contribution in [2.45, 2.75) is 39.7 Å². The zero-order valence-electron chi connectivity index (χ0n) is 11.1. The Bertz CT molecular complexity index is 288. The van der Waals surface area contributed by atoms with Crippen LogP contribution in [0.15, 0.2) is 0 Å². The minimum absolute atomic E-state index is 0.0390. The number of nitrogens with zero attached hydrogens (tertiary/aromatic N) is 3. The van der Waals surface area contributed by atoms with Crippen LogP contribution < -0.4 is 0 Å². The third-order valence-electron chi connectivity index (χ3n) is 3.34. The number of carbonyl (C=O) groups is 1. The van der Waals surface area contributed by atoms with Crippen LogP contribution in [0.4, 0.5) is 0 Å². The first-order valence-corrected chi connectivity index (χ1v) is 6.46. The summed E-state index contributed by atoms with van der Waals surface area (Å²) in [5.74, 6) is 0.849. The molecule has 1 aliphatic heterocycles. The summed E-state index contributed by atoms with van der Waals surface area (Å²) in [6, 6.07) is 2.20. The van der Waals surface area contributed by atoms with Crippen molar-refractivity contribution >= 4 is 5.91 Å². The van der Waals surface area contributed by atoms with E-state index in [1.807, 2.05) is 11.8 Å². The van der Waals surface area contributed by atoms with Crippen LogP contribution in [0.25, 0.3) is 0 Å². The Balaban J connectivity index is 2.32. The van der Waals surface area contributed by atoms with Crippen molar-refractivity contribution in [2.75, 3.05) is 26.2 Å². The van der Waals surface area contributed by atoms with Crippen molar-refractivity contribution in [3.05, 3.63) is 0 Å². The van der Waals surface area contributed by atoms with Gasteiger partial charge in [0.1, 0.15) is 0 Å². The average Bonchev–Trinajstić information content (AvgIpc) is 2.35. The van der Waals surface area contributed by atoms with Gasteiger partial charge in [0.2, 0.25) is 5.91 Å². The summed E-state index contributed by atoms with van der Waals surface area (Å²) in [5, 5.41) is 8.84. The van der Waals surface area contributed by atoms with Gasteiger partial charge in [-0.25, -0.2) is 0 Å². The van der Waals surface area contributed by atoms with Crippen LogP contribution in [-0.4, -0.2) is 47.9 Å². The van der Waals surface area contributed by atoms with Crippen molar-refractivity contribution in [1.29, 1.82) is 5.26 Å². The van der Waals surface area contributed by atoms with E-state index in [-0.39, 0.29) is 11.9 Å². The molecule has 0 aromatic heterocycles. The predicted molar refractivity (Wildman–Crippen MR) is 67.3 cm³/mol. The minimum atomic E-state index is -0.0390. The van der Waals surface area contributed by atoms with Gasteiger partial charge in [-0.3, -0.25) is 9.69 Å². The summed E-state index contributed by atoms with van der Waals surface area (Å²) in [6.45, 7) is 9.37. The summed E-state index contributed by atoms with van der Waals surface area (Å²) in [6.07, 6.45) is 1.62. The van der Waals surface area contributed by atoms with Gasteiger partial charge in [-0.1, -0.05) is 13.8 Å². The zero-order valence-corrected chi connectivity index (χ0v) is 11.1. The van der Waals surface area contributed by atoms with Gasteiger partial charge in [-0.15, -0.1) is 0 Å². The second-order valence-electron chi connectivity index (χ2n) is 5.15. The predicted octanol–water partition coefficient (Wildman–Crippen LogP) is 1.48. The highest BCUT2D eigenvalue weighted by Gasteiger charge is 2.23. The lowest BCUT2D eigenvalue weighted by atomic mass is 10.1. The van der Waals surface area contributed by atoms with Crippen LogP contribution in [0.3, 0.4) is 0 Å². The molecule has 0 N–H and O–H groups in total. The summed E-state index contributed by atoms with van der Waals surface area (Å²) >= 11 is 0. The maximum absolute atomic E-state index is 11.9. The molecule has 4 heteroatoms. The Hall–Kier alpha value is -1.08. The highest BCUT2D eigenvalue weighted by atomic mass is 16.2. The summed E-state index contributed by atoms with van der Waals surface area (Å²) in [4.78, 5) is 16.0. The van der Waals surface area contributed by atoms with E-state index in [0.717, 1.165) is 32.6 Å². The normalized spacial score (nSPS) is 19.1. The average molecular weight is 237 g/mol. The van der Waals surface area contributed by atoms with E-state index in [1.165, 1.54) is 0 Å². The van der Waals surface area contributed by atoms with Gasteiger partial charge < -0.3 is 4.90 Å². The van der Waals surface area contributed by atoms with E-state index in [4.69, 9.17) is 5.26 Å². The highest BCUT2D eigenvalue weighted by Crippen LogP contribution is 2.10. The second kappa shape index (κ2) is 6.61. The third kappa shape index (κ3) is 4.35. The molecule has 0 saturated carbocycles. The smallest absolute Gasteiger partial charge is 0.222 e. The number of hydrogen-bond acceptors (Lipinski definition) is 3.